The molecule has 5 rings (SSSR count). The summed E-state index contributed by atoms with van der Waals surface area (Å²) in [6.45, 7) is 0. The third-order valence-corrected chi connectivity index (χ3v) is 8.28. The average Bonchev–Trinajstić information content (AvgIpc) is 3.52. The molecule has 2 amide bonds. The predicted octanol–water partition coefficient (Wildman–Crippen LogP) is -0.978. The maximum Gasteiger partial charge on any atom is 0.352 e. The minimum Gasteiger partial charge on any atom is -0.477 e. The molecule has 2 aliphatic heterocycles. The van der Waals surface area contributed by atoms with Crippen molar-refractivity contribution in [1.29, 1.82) is 0 Å². The van der Waals surface area contributed by atoms with Crippen LogP contribution in [0.2, 0.25) is 0 Å². The van der Waals surface area contributed by atoms with Crippen molar-refractivity contribution >= 4 is 74.8 Å². The van der Waals surface area contributed by atoms with Crippen molar-refractivity contribution < 1.29 is 24.3 Å². The summed E-state index contributed by atoms with van der Waals surface area (Å²) in [4.78, 5) is 47.9. The molecule has 0 aromatic carbocycles. The van der Waals surface area contributed by atoms with Gasteiger partial charge in [-0.05, 0) is 22.1 Å². The lowest BCUT2D eigenvalue weighted by atomic mass is 10.0. The van der Waals surface area contributed by atoms with E-state index in [0.29, 0.717) is 27.7 Å². The SMILES string of the molecule is CON=C(C(=O)NC1C(=O)N2C(C(=O)O)=C(CSc3cc(N)c4nnnn4n3)CS[C@@H]12)c1csc(N)n1. The Balaban J connectivity index is 1.32. The van der Waals surface area contributed by atoms with Crippen molar-refractivity contribution in [3.63, 3.8) is 0 Å². The van der Waals surface area contributed by atoms with Crippen LogP contribution in [0.3, 0.4) is 0 Å². The van der Waals surface area contributed by atoms with Gasteiger partial charge in [-0.1, -0.05) is 16.9 Å². The number of nitrogens with two attached hydrogens (primary N) is 2. The Hall–Kier alpha value is -3.97. The summed E-state index contributed by atoms with van der Waals surface area (Å²) in [5, 5.41) is 33.1. The van der Waals surface area contributed by atoms with Crippen LogP contribution in [0.4, 0.5) is 10.8 Å². The van der Waals surface area contributed by atoms with Gasteiger partial charge < -0.3 is 26.7 Å². The van der Waals surface area contributed by atoms with E-state index in [1.54, 1.807) is 6.07 Å². The molecule has 0 bridgehead atoms. The van der Waals surface area contributed by atoms with Gasteiger partial charge in [0.25, 0.3) is 11.8 Å². The van der Waals surface area contributed by atoms with Gasteiger partial charge in [0.1, 0.15) is 34.9 Å². The van der Waals surface area contributed by atoms with Crippen molar-refractivity contribution in [3.8, 4) is 0 Å². The second-order valence-corrected chi connectivity index (χ2v) is 10.5. The number of nitrogen functional groups attached to an aromatic ring is 2. The lowest BCUT2D eigenvalue weighted by Crippen LogP contribution is -2.71. The Bertz CT molecular complexity index is 1480. The topological polar surface area (TPSA) is 229 Å². The van der Waals surface area contributed by atoms with E-state index in [0.717, 1.165) is 11.3 Å². The third-order valence-electron chi connectivity index (χ3n) is 5.28. The number of carboxylic acids is 1. The largest absolute Gasteiger partial charge is 0.477 e. The van der Waals surface area contributed by atoms with Gasteiger partial charge in [-0.25, -0.2) is 9.78 Å². The molecule has 37 heavy (non-hydrogen) atoms. The normalized spacial score (nSPS) is 19.5. The number of fused-ring (bicyclic) bond motifs is 2. The number of aliphatic carboxylic acids is 1. The van der Waals surface area contributed by atoms with E-state index in [1.807, 2.05) is 0 Å². The molecule has 0 saturated carbocycles. The molecular weight excluding hydrogens is 546 g/mol. The molecule has 1 fully saturated rings. The lowest BCUT2D eigenvalue weighted by molar-refractivity contribution is -0.150. The second kappa shape index (κ2) is 9.82. The molecule has 2 aliphatic rings. The Kier molecular flexibility index (Phi) is 6.56. The van der Waals surface area contributed by atoms with Crippen LogP contribution < -0.4 is 16.8 Å². The molecule has 16 nitrogen and oxygen atoms in total. The van der Waals surface area contributed by atoms with Crippen LogP contribution in [0, 0.1) is 0 Å². The van der Waals surface area contributed by atoms with E-state index in [-0.39, 0.29) is 28.0 Å². The Labute approximate surface area is 219 Å². The van der Waals surface area contributed by atoms with Crippen molar-refractivity contribution in [2.75, 3.05) is 30.1 Å². The lowest BCUT2D eigenvalue weighted by Gasteiger charge is -2.49. The molecule has 0 spiro atoms. The van der Waals surface area contributed by atoms with Crippen LogP contribution in [-0.4, -0.2) is 93.8 Å². The van der Waals surface area contributed by atoms with E-state index >= 15 is 0 Å². The number of carboxylic acid groups (broad SMARTS) is 1. The van der Waals surface area contributed by atoms with E-state index in [4.69, 9.17) is 16.3 Å². The van der Waals surface area contributed by atoms with Crippen molar-refractivity contribution in [2.24, 2.45) is 5.16 Å². The third kappa shape index (κ3) is 4.51. The zero-order valence-electron chi connectivity index (χ0n) is 18.8. The summed E-state index contributed by atoms with van der Waals surface area (Å²) in [5.74, 6) is -1.95. The molecule has 1 unspecified atom stereocenters. The standard InChI is InChI=1S/C18H17N11O5S3/c1-34-25-10(8-5-37-18(20)21-8)14(30)22-11-15(31)28-12(17(32)33)6(4-36-16(11)28)3-35-9-2-7(19)13-23-26-27-29(13)24-9/h2,5,11,16H,3-4,19H2,1H3,(H2,20,21)(H,22,30)(H,32,33)/t11?,16-/m0/s1. The first-order valence-corrected chi connectivity index (χ1v) is 13.2. The van der Waals surface area contributed by atoms with E-state index in [1.165, 1.54) is 45.5 Å². The smallest absolute Gasteiger partial charge is 0.352 e. The number of carbonyl (C=O) groups is 3. The van der Waals surface area contributed by atoms with Crippen LogP contribution in [0.5, 0.6) is 0 Å². The number of thioether (sulfide) groups is 2. The molecule has 0 aliphatic carbocycles. The van der Waals surface area contributed by atoms with Gasteiger partial charge in [-0.3, -0.25) is 14.5 Å². The fraction of sp³-hybridized carbons (Fsp3) is 0.278. The monoisotopic (exact) mass is 563 g/mol. The maximum absolute atomic E-state index is 13.0. The Morgan fingerprint density at radius 1 is 1.41 bits per heavy atom. The summed E-state index contributed by atoms with van der Waals surface area (Å²) in [6, 6.07) is 0.633. The van der Waals surface area contributed by atoms with Crippen molar-refractivity contribution in [1.82, 2.24) is 40.5 Å². The summed E-state index contributed by atoms with van der Waals surface area (Å²) in [5.41, 5.74) is 12.7. The van der Waals surface area contributed by atoms with Gasteiger partial charge in [0, 0.05) is 16.9 Å². The molecular formula is C18H17N11O5S3. The van der Waals surface area contributed by atoms with E-state index in [2.05, 4.69) is 36.1 Å². The van der Waals surface area contributed by atoms with Crippen LogP contribution in [0.15, 0.2) is 32.9 Å². The number of rotatable bonds is 8. The molecule has 192 valence electrons. The number of β-lactam (4-membered cyclic amide) rings is 1. The van der Waals surface area contributed by atoms with Gasteiger partial charge in [0.2, 0.25) is 5.65 Å². The number of aromatic nitrogens is 6. The highest BCUT2D eigenvalue weighted by molar-refractivity contribution is 8.01. The quantitative estimate of drug-likeness (QED) is 0.112. The number of nitrogens with zero attached hydrogens (tertiary/aromatic N) is 8. The van der Waals surface area contributed by atoms with Gasteiger partial charge in [0.15, 0.2) is 10.8 Å². The number of hydrogen-bond acceptors (Lipinski definition) is 15. The minimum absolute atomic E-state index is 0.124. The molecule has 3 aromatic rings. The van der Waals surface area contributed by atoms with Crippen molar-refractivity contribution in [2.45, 2.75) is 16.4 Å². The molecule has 2 atom stereocenters. The highest BCUT2D eigenvalue weighted by Crippen LogP contribution is 2.41. The highest BCUT2D eigenvalue weighted by atomic mass is 32.2. The summed E-state index contributed by atoms with van der Waals surface area (Å²) < 4.78 is 1.18. The fourth-order valence-electron chi connectivity index (χ4n) is 3.67. The molecule has 19 heteroatoms. The molecule has 5 heterocycles. The first-order chi connectivity index (χ1) is 17.8. The van der Waals surface area contributed by atoms with Crippen LogP contribution in [-0.2, 0) is 19.2 Å². The summed E-state index contributed by atoms with van der Waals surface area (Å²) in [6.07, 6.45) is 0. The van der Waals surface area contributed by atoms with Gasteiger partial charge in [-0.2, -0.15) is 0 Å². The zero-order chi connectivity index (χ0) is 26.3. The highest BCUT2D eigenvalue weighted by Gasteiger charge is 2.54. The zero-order valence-corrected chi connectivity index (χ0v) is 21.2. The number of carbonyl (C=O) groups excluding carboxylic acids is 2. The Morgan fingerprint density at radius 2 is 2.22 bits per heavy atom. The number of anilines is 2. The second-order valence-electron chi connectivity index (χ2n) is 7.53. The number of hydrogen-bond donors (Lipinski definition) is 4. The van der Waals surface area contributed by atoms with Crippen LogP contribution in [0.25, 0.3) is 5.65 Å². The van der Waals surface area contributed by atoms with Gasteiger partial charge in [0.05, 0.1) is 5.69 Å². The number of thiazole rings is 1. The van der Waals surface area contributed by atoms with Crippen molar-refractivity contribution in [3.05, 3.63) is 28.4 Å². The number of nitrogens with one attached hydrogen (secondary N) is 1. The first kappa shape index (κ1) is 24.7. The predicted molar refractivity (Wildman–Crippen MR) is 133 cm³/mol. The first-order valence-electron chi connectivity index (χ1n) is 10.3. The summed E-state index contributed by atoms with van der Waals surface area (Å²) >= 11 is 3.68. The number of amides is 2. The van der Waals surface area contributed by atoms with Crippen LogP contribution in [0.1, 0.15) is 5.69 Å². The number of tetrazole rings is 1. The summed E-state index contributed by atoms with van der Waals surface area (Å²) in [7, 11) is 1.27. The molecule has 3 aromatic heterocycles. The fourth-order valence-corrected chi connectivity index (χ4v) is 6.60. The minimum atomic E-state index is -1.25. The maximum atomic E-state index is 13.0. The number of oxime groups is 1. The molecule has 1 saturated heterocycles. The van der Waals surface area contributed by atoms with E-state index in [9.17, 15) is 19.5 Å². The molecule has 0 radical (unpaired) electrons. The van der Waals surface area contributed by atoms with Crippen LogP contribution >= 0.6 is 34.9 Å². The van der Waals surface area contributed by atoms with Gasteiger partial charge in [-0.15, -0.1) is 37.9 Å². The molecule has 6 N–H and O–H groups in total. The van der Waals surface area contributed by atoms with Gasteiger partial charge >= 0.3 is 5.97 Å². The van der Waals surface area contributed by atoms with E-state index < -0.39 is 29.2 Å². The average molecular weight is 564 g/mol. The Morgan fingerprint density at radius 3 is 2.92 bits per heavy atom.